The fraction of sp³-hybridized carbons (Fsp3) is 0.462. The van der Waals surface area contributed by atoms with Gasteiger partial charge in [-0.2, -0.15) is 0 Å². The van der Waals surface area contributed by atoms with Gasteiger partial charge >= 0.3 is 6.09 Å². The average Bonchev–Trinajstić information content (AvgIpc) is 2.76. The molecule has 8 heteroatoms. The van der Waals surface area contributed by atoms with Crippen molar-refractivity contribution in [3.63, 3.8) is 0 Å². The molecule has 0 bridgehead atoms. The molecule has 2 aromatic carbocycles. The van der Waals surface area contributed by atoms with Crippen LogP contribution < -0.4 is 10.1 Å². The van der Waals surface area contributed by atoms with Crippen LogP contribution >= 0.6 is 11.6 Å². The molecule has 1 heterocycles. The maximum Gasteiger partial charge on any atom is 0.407 e. The molecule has 0 spiro atoms. The van der Waals surface area contributed by atoms with Crippen molar-refractivity contribution in [2.24, 2.45) is 0 Å². The maximum absolute atomic E-state index is 12.7. The zero-order chi connectivity index (χ0) is 24.9. The van der Waals surface area contributed by atoms with Gasteiger partial charge in [0.05, 0.1) is 19.8 Å². The monoisotopic (exact) mass is 488 g/mol. The molecule has 7 nitrogen and oxygen atoms in total. The summed E-state index contributed by atoms with van der Waals surface area (Å²) in [6.45, 7) is 11.8. The molecule has 0 aliphatic carbocycles. The second kappa shape index (κ2) is 10.7. The SMILES string of the molecule is CC(C)(C)OC(=O)NCC(C)(C)Oc1cc(Cl)cc(-c2ccc(C(=O)N3CCOCC3)cc2)c1. The van der Waals surface area contributed by atoms with Crippen molar-refractivity contribution in [3.05, 3.63) is 53.1 Å². The molecule has 1 aliphatic rings. The molecular formula is C26H33ClN2O5. The van der Waals surface area contributed by atoms with Crippen molar-refractivity contribution in [1.29, 1.82) is 0 Å². The van der Waals surface area contributed by atoms with Crippen molar-refractivity contribution in [1.82, 2.24) is 10.2 Å². The lowest BCUT2D eigenvalue weighted by molar-refractivity contribution is 0.0303. The van der Waals surface area contributed by atoms with E-state index in [-0.39, 0.29) is 12.5 Å². The summed E-state index contributed by atoms with van der Waals surface area (Å²) in [5.74, 6) is 0.580. The van der Waals surface area contributed by atoms with Gasteiger partial charge in [0, 0.05) is 23.7 Å². The summed E-state index contributed by atoms with van der Waals surface area (Å²) in [5.41, 5.74) is 1.14. The highest BCUT2D eigenvalue weighted by molar-refractivity contribution is 6.31. The minimum Gasteiger partial charge on any atom is -0.486 e. The zero-order valence-electron chi connectivity index (χ0n) is 20.4. The van der Waals surface area contributed by atoms with E-state index in [9.17, 15) is 9.59 Å². The Hall–Kier alpha value is -2.77. The van der Waals surface area contributed by atoms with Gasteiger partial charge in [-0.25, -0.2) is 4.79 Å². The zero-order valence-corrected chi connectivity index (χ0v) is 21.2. The molecular weight excluding hydrogens is 456 g/mol. The largest absolute Gasteiger partial charge is 0.486 e. The van der Waals surface area contributed by atoms with Gasteiger partial charge in [-0.05, 0) is 76.1 Å². The number of nitrogens with one attached hydrogen (secondary N) is 1. The van der Waals surface area contributed by atoms with Gasteiger partial charge < -0.3 is 24.4 Å². The minimum atomic E-state index is -0.701. The smallest absolute Gasteiger partial charge is 0.407 e. The normalized spacial score (nSPS) is 14.5. The summed E-state index contributed by atoms with van der Waals surface area (Å²) in [5, 5.41) is 3.27. The van der Waals surface area contributed by atoms with Crippen molar-refractivity contribution >= 4 is 23.6 Å². The second-order valence-corrected chi connectivity index (χ2v) is 10.3. The predicted octanol–water partition coefficient (Wildman–Crippen LogP) is 5.16. The molecule has 1 N–H and O–H groups in total. The minimum absolute atomic E-state index is 0.00389. The standard InChI is InChI=1S/C26H33ClN2O5/c1-25(2,3)34-24(31)28-17-26(4,5)33-22-15-20(14-21(27)16-22)18-6-8-19(9-7-18)23(30)29-10-12-32-13-11-29/h6-9,14-16H,10-13,17H2,1-5H3,(H,28,31). The first-order valence-corrected chi connectivity index (χ1v) is 11.7. The van der Waals surface area contributed by atoms with Crippen LogP contribution in [0.25, 0.3) is 11.1 Å². The molecule has 1 saturated heterocycles. The Morgan fingerprint density at radius 1 is 1.00 bits per heavy atom. The Bertz CT molecular complexity index is 1010. The van der Waals surface area contributed by atoms with Crippen molar-refractivity contribution < 1.29 is 23.8 Å². The summed E-state index contributed by atoms with van der Waals surface area (Å²) in [6, 6.07) is 12.9. The summed E-state index contributed by atoms with van der Waals surface area (Å²) in [6.07, 6.45) is -0.498. The van der Waals surface area contributed by atoms with E-state index in [2.05, 4.69) is 5.32 Å². The van der Waals surface area contributed by atoms with Crippen LogP contribution in [-0.2, 0) is 9.47 Å². The van der Waals surface area contributed by atoms with E-state index in [0.717, 1.165) is 11.1 Å². The fourth-order valence-corrected chi connectivity index (χ4v) is 3.72. The Kier molecular flexibility index (Phi) is 8.10. The van der Waals surface area contributed by atoms with Gasteiger partial charge in [-0.1, -0.05) is 23.7 Å². The first-order valence-electron chi connectivity index (χ1n) is 11.4. The summed E-state index contributed by atoms with van der Waals surface area (Å²) in [7, 11) is 0. The van der Waals surface area contributed by atoms with Crippen LogP contribution in [0.5, 0.6) is 5.75 Å². The van der Waals surface area contributed by atoms with Crippen LogP contribution in [-0.4, -0.2) is 61.0 Å². The number of morpholine rings is 1. The highest BCUT2D eigenvalue weighted by Crippen LogP contribution is 2.31. The molecule has 1 aliphatic heterocycles. The molecule has 184 valence electrons. The van der Waals surface area contributed by atoms with E-state index in [1.807, 2.05) is 71.0 Å². The first-order chi connectivity index (χ1) is 15.9. The van der Waals surface area contributed by atoms with Gasteiger partial charge in [0.15, 0.2) is 0 Å². The number of hydrogen-bond donors (Lipinski definition) is 1. The number of nitrogens with zero attached hydrogens (tertiary/aromatic N) is 1. The average molecular weight is 489 g/mol. The van der Waals surface area contributed by atoms with E-state index >= 15 is 0 Å². The molecule has 34 heavy (non-hydrogen) atoms. The van der Waals surface area contributed by atoms with Crippen LogP contribution in [0.3, 0.4) is 0 Å². The number of alkyl carbamates (subject to hydrolysis) is 1. The fourth-order valence-electron chi connectivity index (χ4n) is 3.50. The summed E-state index contributed by atoms with van der Waals surface area (Å²) >= 11 is 6.37. The molecule has 2 aromatic rings. The number of hydrogen-bond acceptors (Lipinski definition) is 5. The van der Waals surface area contributed by atoms with Crippen LogP contribution in [0.15, 0.2) is 42.5 Å². The van der Waals surface area contributed by atoms with E-state index < -0.39 is 17.3 Å². The van der Waals surface area contributed by atoms with Gasteiger partial charge in [-0.15, -0.1) is 0 Å². The number of ether oxygens (including phenoxy) is 3. The lowest BCUT2D eigenvalue weighted by atomic mass is 10.0. The third-order valence-corrected chi connectivity index (χ3v) is 5.30. The van der Waals surface area contributed by atoms with Crippen LogP contribution in [0.1, 0.15) is 45.0 Å². The molecule has 0 aromatic heterocycles. The lowest BCUT2D eigenvalue weighted by Crippen LogP contribution is -2.44. The highest BCUT2D eigenvalue weighted by Gasteiger charge is 2.24. The van der Waals surface area contributed by atoms with Gasteiger partial charge in [0.2, 0.25) is 0 Å². The maximum atomic E-state index is 12.7. The number of carbonyl (C=O) groups excluding carboxylic acids is 2. The molecule has 0 atom stereocenters. The Labute approximate surface area is 206 Å². The van der Waals surface area contributed by atoms with Crippen LogP contribution in [0.2, 0.25) is 5.02 Å². The Balaban J connectivity index is 1.68. The van der Waals surface area contributed by atoms with E-state index in [0.29, 0.717) is 42.6 Å². The van der Waals surface area contributed by atoms with E-state index in [1.54, 1.807) is 11.0 Å². The number of benzene rings is 2. The van der Waals surface area contributed by atoms with Gasteiger partial charge in [-0.3, -0.25) is 4.79 Å². The summed E-state index contributed by atoms with van der Waals surface area (Å²) < 4.78 is 16.7. The molecule has 0 unspecified atom stereocenters. The van der Waals surface area contributed by atoms with Gasteiger partial charge in [0.1, 0.15) is 17.0 Å². The molecule has 0 radical (unpaired) electrons. The lowest BCUT2D eigenvalue weighted by Gasteiger charge is -2.28. The number of halogens is 1. The van der Waals surface area contributed by atoms with Crippen molar-refractivity contribution in [2.45, 2.75) is 45.8 Å². The molecule has 0 saturated carbocycles. The quantitative estimate of drug-likeness (QED) is 0.607. The molecule has 2 amide bonds. The predicted molar refractivity (Wildman–Crippen MR) is 133 cm³/mol. The molecule has 1 fully saturated rings. The van der Waals surface area contributed by atoms with Crippen LogP contribution in [0, 0.1) is 0 Å². The Morgan fingerprint density at radius 2 is 1.65 bits per heavy atom. The highest BCUT2D eigenvalue weighted by atomic mass is 35.5. The summed E-state index contributed by atoms with van der Waals surface area (Å²) in [4.78, 5) is 26.5. The van der Waals surface area contributed by atoms with Gasteiger partial charge in [0.25, 0.3) is 5.91 Å². The van der Waals surface area contributed by atoms with E-state index in [4.69, 9.17) is 25.8 Å². The number of carbonyl (C=O) groups is 2. The third-order valence-electron chi connectivity index (χ3n) is 5.09. The Morgan fingerprint density at radius 3 is 2.26 bits per heavy atom. The van der Waals surface area contributed by atoms with Crippen LogP contribution in [0.4, 0.5) is 4.79 Å². The second-order valence-electron chi connectivity index (χ2n) is 9.87. The first kappa shape index (κ1) is 25.8. The molecule has 3 rings (SSSR count). The third kappa shape index (κ3) is 7.64. The number of amides is 2. The number of rotatable bonds is 6. The van der Waals surface area contributed by atoms with E-state index in [1.165, 1.54) is 0 Å². The topological polar surface area (TPSA) is 77.1 Å². The van der Waals surface area contributed by atoms with Crippen molar-refractivity contribution in [2.75, 3.05) is 32.8 Å². The van der Waals surface area contributed by atoms with Crippen molar-refractivity contribution in [3.8, 4) is 16.9 Å².